The second-order valence-electron chi connectivity index (χ2n) is 4.25. The van der Waals surface area contributed by atoms with Crippen LogP contribution in [0.1, 0.15) is 26.4 Å². The van der Waals surface area contributed by atoms with Gasteiger partial charge in [-0.05, 0) is 43.3 Å². The summed E-state index contributed by atoms with van der Waals surface area (Å²) < 4.78 is 1.27. The topological polar surface area (TPSA) is 102 Å². The minimum Gasteiger partial charge on any atom is -0.477 e. The number of nitrogens with zero attached hydrogens (tertiary/aromatic N) is 1. The molecule has 0 atom stereocenters. The number of aromatic carboxylic acids is 1. The Labute approximate surface area is 114 Å². The highest BCUT2D eigenvalue weighted by molar-refractivity contribution is 5.93. The lowest BCUT2D eigenvalue weighted by atomic mass is 10.1. The van der Waals surface area contributed by atoms with Crippen molar-refractivity contribution in [2.24, 2.45) is 5.73 Å². The highest BCUT2D eigenvalue weighted by atomic mass is 16.4. The van der Waals surface area contributed by atoms with Gasteiger partial charge < -0.3 is 10.8 Å². The first-order valence-corrected chi connectivity index (χ1v) is 5.78. The number of pyridine rings is 1. The molecule has 0 aliphatic carbocycles. The van der Waals surface area contributed by atoms with E-state index in [2.05, 4.69) is 0 Å². The van der Waals surface area contributed by atoms with Gasteiger partial charge in [0.15, 0.2) is 0 Å². The second kappa shape index (κ2) is 5.00. The maximum Gasteiger partial charge on any atom is 0.341 e. The van der Waals surface area contributed by atoms with E-state index in [9.17, 15) is 14.4 Å². The molecule has 20 heavy (non-hydrogen) atoms. The molecule has 102 valence electrons. The number of aromatic nitrogens is 1. The van der Waals surface area contributed by atoms with Crippen LogP contribution in [0.4, 0.5) is 0 Å². The second-order valence-corrected chi connectivity index (χ2v) is 4.25. The quantitative estimate of drug-likeness (QED) is 0.868. The van der Waals surface area contributed by atoms with E-state index < -0.39 is 17.4 Å². The Morgan fingerprint density at radius 3 is 2.20 bits per heavy atom. The number of carbonyl (C=O) groups excluding carboxylic acids is 1. The van der Waals surface area contributed by atoms with Gasteiger partial charge in [0.05, 0.1) is 0 Å². The van der Waals surface area contributed by atoms with Crippen molar-refractivity contribution >= 4 is 11.9 Å². The van der Waals surface area contributed by atoms with E-state index >= 15 is 0 Å². The Hall–Kier alpha value is -2.89. The molecule has 0 unspecified atom stereocenters. The molecule has 1 amide bonds. The third kappa shape index (κ3) is 2.31. The van der Waals surface area contributed by atoms with Gasteiger partial charge in [0.2, 0.25) is 5.91 Å². The van der Waals surface area contributed by atoms with Crippen LogP contribution in [-0.4, -0.2) is 21.6 Å². The van der Waals surface area contributed by atoms with Crippen LogP contribution in [0.25, 0.3) is 5.69 Å². The molecule has 6 nitrogen and oxygen atoms in total. The molecule has 0 saturated heterocycles. The predicted molar refractivity (Wildman–Crippen MR) is 72.3 cm³/mol. The zero-order valence-corrected chi connectivity index (χ0v) is 10.7. The van der Waals surface area contributed by atoms with Gasteiger partial charge in [-0.3, -0.25) is 14.2 Å². The first-order valence-electron chi connectivity index (χ1n) is 5.78. The Balaban J connectivity index is 2.63. The normalized spacial score (nSPS) is 10.2. The molecular formula is C14H12N2O4. The van der Waals surface area contributed by atoms with Gasteiger partial charge in [0, 0.05) is 16.9 Å². The third-order valence-electron chi connectivity index (χ3n) is 2.92. The van der Waals surface area contributed by atoms with Gasteiger partial charge in [-0.25, -0.2) is 4.79 Å². The van der Waals surface area contributed by atoms with E-state index in [1.807, 2.05) is 0 Å². The zero-order valence-electron chi connectivity index (χ0n) is 10.7. The van der Waals surface area contributed by atoms with Crippen LogP contribution in [-0.2, 0) is 0 Å². The van der Waals surface area contributed by atoms with Crippen LogP contribution in [0.5, 0.6) is 0 Å². The molecule has 1 aromatic heterocycles. The Kier molecular flexibility index (Phi) is 3.39. The van der Waals surface area contributed by atoms with Crippen LogP contribution in [0.15, 0.2) is 41.2 Å². The number of nitrogens with two attached hydrogens (primary N) is 1. The summed E-state index contributed by atoms with van der Waals surface area (Å²) in [6, 6.07) is 8.87. The molecule has 0 aliphatic heterocycles. The summed E-state index contributed by atoms with van der Waals surface area (Å²) >= 11 is 0. The number of hydrogen-bond acceptors (Lipinski definition) is 3. The number of carboxylic acids is 1. The molecule has 0 fully saturated rings. The van der Waals surface area contributed by atoms with E-state index in [1.54, 1.807) is 25.1 Å². The number of amides is 1. The largest absolute Gasteiger partial charge is 0.477 e. The fourth-order valence-corrected chi connectivity index (χ4v) is 1.89. The van der Waals surface area contributed by atoms with E-state index in [-0.39, 0.29) is 5.56 Å². The van der Waals surface area contributed by atoms with Gasteiger partial charge >= 0.3 is 5.97 Å². The molecule has 1 heterocycles. The van der Waals surface area contributed by atoms with Gasteiger partial charge in [-0.2, -0.15) is 0 Å². The number of primary amides is 1. The number of hydrogen-bond donors (Lipinski definition) is 2. The van der Waals surface area contributed by atoms with Crippen molar-refractivity contribution in [3.05, 3.63) is 63.6 Å². The lowest BCUT2D eigenvalue weighted by molar-refractivity contribution is 0.0694. The third-order valence-corrected chi connectivity index (χ3v) is 2.92. The molecule has 0 spiro atoms. The summed E-state index contributed by atoms with van der Waals surface area (Å²) in [5.74, 6) is -1.85. The number of benzene rings is 1. The molecule has 0 aliphatic rings. The fourth-order valence-electron chi connectivity index (χ4n) is 1.89. The first-order chi connectivity index (χ1) is 9.41. The molecular weight excluding hydrogens is 260 g/mol. The van der Waals surface area contributed by atoms with Crippen molar-refractivity contribution in [1.82, 2.24) is 4.57 Å². The summed E-state index contributed by atoms with van der Waals surface area (Å²) in [6.45, 7) is 1.69. The van der Waals surface area contributed by atoms with Crippen LogP contribution in [0.3, 0.4) is 0 Å². The molecule has 1 aromatic carbocycles. The highest BCUT2D eigenvalue weighted by Crippen LogP contribution is 2.11. The van der Waals surface area contributed by atoms with Crippen molar-refractivity contribution < 1.29 is 14.7 Å². The van der Waals surface area contributed by atoms with Crippen LogP contribution < -0.4 is 11.3 Å². The van der Waals surface area contributed by atoms with Crippen molar-refractivity contribution in [1.29, 1.82) is 0 Å². The van der Waals surface area contributed by atoms with Gasteiger partial charge in [0.25, 0.3) is 5.56 Å². The molecule has 0 radical (unpaired) electrons. The van der Waals surface area contributed by atoms with Crippen molar-refractivity contribution in [3.8, 4) is 5.69 Å². The van der Waals surface area contributed by atoms with E-state index in [0.29, 0.717) is 16.9 Å². The summed E-state index contributed by atoms with van der Waals surface area (Å²) in [7, 11) is 0. The maximum absolute atomic E-state index is 12.1. The SMILES string of the molecule is Cc1ccc(C(=O)O)c(=O)n1-c1ccc(C(N)=O)cc1. The van der Waals surface area contributed by atoms with Crippen molar-refractivity contribution in [2.45, 2.75) is 6.92 Å². The van der Waals surface area contributed by atoms with E-state index in [4.69, 9.17) is 10.8 Å². The van der Waals surface area contributed by atoms with E-state index in [1.165, 1.54) is 22.8 Å². The van der Waals surface area contributed by atoms with Gasteiger partial charge in [0.1, 0.15) is 5.56 Å². The van der Waals surface area contributed by atoms with Crippen molar-refractivity contribution in [3.63, 3.8) is 0 Å². The molecule has 2 aromatic rings. The lowest BCUT2D eigenvalue weighted by Gasteiger charge is -2.11. The standard InChI is InChI=1S/C14H12N2O4/c1-8-2-7-11(14(19)20)13(18)16(8)10-5-3-9(4-6-10)12(15)17/h2-7H,1H3,(H2,15,17)(H,19,20). The fraction of sp³-hybridized carbons (Fsp3) is 0.0714. The Morgan fingerprint density at radius 1 is 1.10 bits per heavy atom. The Bertz CT molecular complexity index is 745. The smallest absolute Gasteiger partial charge is 0.341 e. The van der Waals surface area contributed by atoms with Gasteiger partial charge in [-0.15, -0.1) is 0 Å². The Morgan fingerprint density at radius 2 is 1.70 bits per heavy atom. The molecule has 2 rings (SSSR count). The molecule has 6 heteroatoms. The molecule has 0 bridgehead atoms. The average molecular weight is 272 g/mol. The summed E-state index contributed by atoms with van der Waals surface area (Å²) in [5, 5.41) is 8.97. The minimum atomic E-state index is -1.28. The van der Waals surface area contributed by atoms with E-state index in [0.717, 1.165) is 0 Å². The van der Waals surface area contributed by atoms with Crippen LogP contribution in [0, 0.1) is 6.92 Å². The minimum absolute atomic E-state index is 0.311. The number of carbonyl (C=O) groups is 2. The first kappa shape index (κ1) is 13.5. The summed E-state index contributed by atoms with van der Waals surface area (Å²) in [6.07, 6.45) is 0. The maximum atomic E-state index is 12.1. The number of aryl methyl sites for hydroxylation is 1. The van der Waals surface area contributed by atoms with Crippen LogP contribution in [0.2, 0.25) is 0 Å². The summed E-state index contributed by atoms with van der Waals surface area (Å²) in [4.78, 5) is 34.1. The van der Waals surface area contributed by atoms with Gasteiger partial charge in [-0.1, -0.05) is 0 Å². The lowest BCUT2D eigenvalue weighted by Crippen LogP contribution is -2.26. The number of rotatable bonds is 3. The van der Waals surface area contributed by atoms with Crippen molar-refractivity contribution in [2.75, 3.05) is 0 Å². The van der Waals surface area contributed by atoms with Crippen LogP contribution >= 0.6 is 0 Å². The zero-order chi connectivity index (χ0) is 14.9. The summed E-state index contributed by atoms with van der Waals surface area (Å²) in [5.41, 5.74) is 5.59. The molecule has 0 saturated carbocycles. The number of carboxylic acid groups (broad SMARTS) is 1. The average Bonchev–Trinajstić information content (AvgIpc) is 2.38. The monoisotopic (exact) mass is 272 g/mol. The predicted octanol–water partition coefficient (Wildman–Crippen LogP) is 0.943. The highest BCUT2D eigenvalue weighted by Gasteiger charge is 2.13. The molecule has 3 N–H and O–H groups in total.